The smallest absolute Gasteiger partial charge is 0.0950 e. The van der Waals surface area contributed by atoms with E-state index in [1.54, 1.807) is 12.5 Å². The highest BCUT2D eigenvalue weighted by Gasteiger charge is 2.19. The van der Waals surface area contributed by atoms with Gasteiger partial charge in [-0.15, -0.1) is 0 Å². The maximum absolute atomic E-state index is 9.97. The van der Waals surface area contributed by atoms with Gasteiger partial charge in [-0.2, -0.15) is 0 Å². The Morgan fingerprint density at radius 1 is 1.60 bits per heavy atom. The second-order valence-corrected chi connectivity index (χ2v) is 4.41. The van der Waals surface area contributed by atoms with Gasteiger partial charge in [-0.3, -0.25) is 0 Å². The number of hydrogen-bond donors (Lipinski definition) is 2. The molecule has 2 atom stereocenters. The minimum atomic E-state index is -0.618. The van der Waals surface area contributed by atoms with Crippen molar-refractivity contribution in [1.29, 1.82) is 0 Å². The van der Waals surface area contributed by atoms with Crippen LogP contribution >= 0.6 is 0 Å². The molecule has 1 rings (SSSR count). The Balaban J connectivity index is 2.37. The van der Waals surface area contributed by atoms with E-state index >= 15 is 0 Å². The van der Waals surface area contributed by atoms with Gasteiger partial charge in [-0.1, -0.05) is 13.3 Å². The number of furan rings is 1. The van der Waals surface area contributed by atoms with E-state index < -0.39 is 5.60 Å². The van der Waals surface area contributed by atoms with Crippen molar-refractivity contribution in [1.82, 2.24) is 5.32 Å². The maximum Gasteiger partial charge on any atom is 0.0950 e. The summed E-state index contributed by atoms with van der Waals surface area (Å²) in [6.45, 7) is 6.61. The minimum absolute atomic E-state index is 0.215. The number of nitrogens with one attached hydrogen (secondary N) is 1. The van der Waals surface area contributed by atoms with Crippen LogP contribution in [0.4, 0.5) is 0 Å². The summed E-state index contributed by atoms with van der Waals surface area (Å²) in [5, 5.41) is 13.3. The van der Waals surface area contributed by atoms with Gasteiger partial charge in [-0.25, -0.2) is 0 Å². The van der Waals surface area contributed by atoms with Crippen molar-refractivity contribution in [2.45, 2.75) is 45.3 Å². The molecule has 2 unspecified atom stereocenters. The van der Waals surface area contributed by atoms with Gasteiger partial charge in [0.25, 0.3) is 0 Å². The van der Waals surface area contributed by atoms with Crippen molar-refractivity contribution < 1.29 is 9.52 Å². The van der Waals surface area contributed by atoms with Crippen LogP contribution in [0.2, 0.25) is 0 Å². The Bertz CT molecular complexity index is 267. The molecule has 0 amide bonds. The van der Waals surface area contributed by atoms with Crippen molar-refractivity contribution in [3.8, 4) is 0 Å². The molecule has 0 aliphatic rings. The third kappa shape index (κ3) is 4.06. The number of hydrogen-bond acceptors (Lipinski definition) is 3. The lowest BCUT2D eigenvalue weighted by atomic mass is 10.00. The summed E-state index contributed by atoms with van der Waals surface area (Å²) >= 11 is 0. The lowest BCUT2D eigenvalue weighted by Gasteiger charge is -2.25. The third-order valence-electron chi connectivity index (χ3n) is 2.62. The van der Waals surface area contributed by atoms with Crippen LogP contribution in [0.3, 0.4) is 0 Å². The summed E-state index contributed by atoms with van der Waals surface area (Å²) in [5.74, 6) is 0. The lowest BCUT2D eigenvalue weighted by Crippen LogP contribution is -2.38. The molecule has 86 valence electrons. The second-order valence-electron chi connectivity index (χ2n) is 4.41. The van der Waals surface area contributed by atoms with Crippen LogP contribution in [0.5, 0.6) is 0 Å². The van der Waals surface area contributed by atoms with E-state index in [0.29, 0.717) is 6.54 Å². The molecule has 15 heavy (non-hydrogen) atoms. The molecule has 0 aromatic carbocycles. The highest BCUT2D eigenvalue weighted by molar-refractivity contribution is 5.10. The summed E-state index contributed by atoms with van der Waals surface area (Å²) in [6, 6.07) is 2.15. The third-order valence-corrected chi connectivity index (χ3v) is 2.62. The topological polar surface area (TPSA) is 45.4 Å². The molecule has 1 aromatic heterocycles. The normalized spacial score (nSPS) is 17.3. The first-order chi connectivity index (χ1) is 7.05. The van der Waals surface area contributed by atoms with Gasteiger partial charge in [0.1, 0.15) is 0 Å². The van der Waals surface area contributed by atoms with Crippen LogP contribution in [0, 0.1) is 0 Å². The van der Waals surface area contributed by atoms with E-state index in [0.717, 1.165) is 18.4 Å². The van der Waals surface area contributed by atoms with Gasteiger partial charge in [0.2, 0.25) is 0 Å². The van der Waals surface area contributed by atoms with Crippen LogP contribution in [-0.2, 0) is 0 Å². The Hall–Kier alpha value is -0.800. The van der Waals surface area contributed by atoms with E-state index in [1.165, 1.54) is 0 Å². The van der Waals surface area contributed by atoms with E-state index in [-0.39, 0.29) is 6.04 Å². The highest BCUT2D eigenvalue weighted by atomic mass is 16.3. The predicted octanol–water partition coefficient (Wildman–Crippen LogP) is 2.48. The predicted molar refractivity (Wildman–Crippen MR) is 60.7 cm³/mol. The van der Waals surface area contributed by atoms with Crippen molar-refractivity contribution in [3.05, 3.63) is 24.2 Å². The SMILES string of the molecule is CCCC(C)(O)CNC(C)c1ccoc1. The molecule has 0 aliphatic carbocycles. The van der Waals surface area contributed by atoms with E-state index in [2.05, 4.69) is 19.2 Å². The molecule has 1 heterocycles. The molecule has 0 saturated carbocycles. The fraction of sp³-hybridized carbons (Fsp3) is 0.667. The fourth-order valence-corrected chi connectivity index (χ4v) is 1.64. The van der Waals surface area contributed by atoms with Crippen LogP contribution in [0.25, 0.3) is 0 Å². The van der Waals surface area contributed by atoms with Crippen LogP contribution in [0.15, 0.2) is 23.0 Å². The average Bonchev–Trinajstić information content (AvgIpc) is 2.67. The summed E-state index contributed by atoms with van der Waals surface area (Å²) in [4.78, 5) is 0. The molecule has 0 aliphatic heterocycles. The first-order valence-electron chi connectivity index (χ1n) is 5.53. The van der Waals surface area contributed by atoms with Gasteiger partial charge in [0.15, 0.2) is 0 Å². The molecule has 2 N–H and O–H groups in total. The second kappa shape index (κ2) is 5.33. The van der Waals surface area contributed by atoms with Gasteiger partial charge in [0, 0.05) is 18.2 Å². The van der Waals surface area contributed by atoms with Gasteiger partial charge in [0.05, 0.1) is 18.1 Å². The zero-order valence-electron chi connectivity index (χ0n) is 9.79. The molecule has 0 radical (unpaired) electrons. The summed E-state index contributed by atoms with van der Waals surface area (Å²) < 4.78 is 5.01. The molecular formula is C12H21NO2. The lowest BCUT2D eigenvalue weighted by molar-refractivity contribution is 0.0476. The van der Waals surface area contributed by atoms with E-state index in [1.807, 2.05) is 13.0 Å². The largest absolute Gasteiger partial charge is 0.472 e. The van der Waals surface area contributed by atoms with Gasteiger partial charge in [-0.05, 0) is 26.3 Å². The quantitative estimate of drug-likeness (QED) is 0.760. The minimum Gasteiger partial charge on any atom is -0.472 e. The van der Waals surface area contributed by atoms with Crippen LogP contribution < -0.4 is 5.32 Å². The van der Waals surface area contributed by atoms with Crippen molar-refractivity contribution in [2.24, 2.45) is 0 Å². The van der Waals surface area contributed by atoms with Crippen molar-refractivity contribution in [2.75, 3.05) is 6.54 Å². The monoisotopic (exact) mass is 211 g/mol. The summed E-state index contributed by atoms with van der Waals surface area (Å²) in [5.41, 5.74) is 0.495. The molecule has 1 aromatic rings. The summed E-state index contributed by atoms with van der Waals surface area (Å²) in [6.07, 6.45) is 5.21. The number of aliphatic hydroxyl groups is 1. The zero-order valence-corrected chi connectivity index (χ0v) is 9.79. The molecule has 3 nitrogen and oxygen atoms in total. The Kier molecular flexibility index (Phi) is 4.36. The van der Waals surface area contributed by atoms with E-state index in [9.17, 15) is 5.11 Å². The van der Waals surface area contributed by atoms with E-state index in [4.69, 9.17) is 4.42 Å². The molecule has 0 saturated heterocycles. The average molecular weight is 211 g/mol. The fourth-order valence-electron chi connectivity index (χ4n) is 1.64. The summed E-state index contributed by atoms with van der Waals surface area (Å²) in [7, 11) is 0. The molecular weight excluding hydrogens is 190 g/mol. The molecule has 3 heteroatoms. The Morgan fingerprint density at radius 2 is 2.33 bits per heavy atom. The van der Waals surface area contributed by atoms with Crippen LogP contribution in [-0.4, -0.2) is 17.3 Å². The Morgan fingerprint density at radius 3 is 2.87 bits per heavy atom. The Labute approximate surface area is 91.5 Å². The van der Waals surface area contributed by atoms with Crippen molar-refractivity contribution >= 4 is 0 Å². The maximum atomic E-state index is 9.97. The standard InChI is InChI=1S/C12H21NO2/c1-4-6-12(3,14)9-13-10(2)11-5-7-15-8-11/h5,7-8,10,13-14H,4,6,9H2,1-3H3. The van der Waals surface area contributed by atoms with Gasteiger partial charge >= 0.3 is 0 Å². The number of rotatable bonds is 6. The van der Waals surface area contributed by atoms with Crippen molar-refractivity contribution in [3.63, 3.8) is 0 Å². The first kappa shape index (κ1) is 12.3. The van der Waals surface area contributed by atoms with Gasteiger partial charge < -0.3 is 14.8 Å². The van der Waals surface area contributed by atoms with Crippen LogP contribution in [0.1, 0.15) is 45.2 Å². The zero-order chi connectivity index (χ0) is 11.3. The molecule has 0 bridgehead atoms. The molecule has 0 spiro atoms. The highest BCUT2D eigenvalue weighted by Crippen LogP contribution is 2.15. The molecule has 0 fully saturated rings. The first-order valence-corrected chi connectivity index (χ1v) is 5.53.